The summed E-state index contributed by atoms with van der Waals surface area (Å²) in [5.74, 6) is 0.467. The highest BCUT2D eigenvalue weighted by atomic mass is 35.5. The summed E-state index contributed by atoms with van der Waals surface area (Å²) in [6.45, 7) is 8.35. The number of aromatic nitrogens is 4. The number of hydrogen-bond acceptors (Lipinski definition) is 4. The van der Waals surface area contributed by atoms with Crippen molar-refractivity contribution in [1.82, 2.24) is 19.8 Å². The van der Waals surface area contributed by atoms with Crippen molar-refractivity contribution in [3.8, 4) is 0 Å². The Labute approximate surface area is 180 Å². The zero-order valence-corrected chi connectivity index (χ0v) is 20.0. The van der Waals surface area contributed by atoms with E-state index in [1.165, 1.54) is 44.9 Å². The Morgan fingerprint density at radius 1 is 0.931 bits per heavy atom. The van der Waals surface area contributed by atoms with Crippen LogP contribution in [-0.4, -0.2) is 34.0 Å². The van der Waals surface area contributed by atoms with E-state index in [1.807, 2.05) is 20.8 Å². The summed E-state index contributed by atoms with van der Waals surface area (Å²) in [6, 6.07) is 0. The standard InChI is InChI=1S/C21H37ClN4O2S/c1-5-6-7-8-9-10-11-12-13-14-15-29(27,28)16-17-23-24-20-18(22)19(21(2,3)4)25-26(17)20/h25H,5-16H2,1-4H3. The Morgan fingerprint density at radius 3 is 2.03 bits per heavy atom. The molecule has 6 nitrogen and oxygen atoms in total. The van der Waals surface area contributed by atoms with Crippen LogP contribution >= 0.6 is 11.6 Å². The van der Waals surface area contributed by atoms with Crippen LogP contribution in [0.1, 0.15) is 103 Å². The number of nitrogens with zero attached hydrogens (tertiary/aromatic N) is 3. The maximum atomic E-state index is 12.5. The van der Waals surface area contributed by atoms with E-state index in [-0.39, 0.29) is 16.9 Å². The summed E-state index contributed by atoms with van der Waals surface area (Å²) in [7, 11) is -3.23. The molecule has 0 unspecified atom stereocenters. The Bertz CT molecular complexity index is 865. The van der Waals surface area contributed by atoms with Crippen molar-refractivity contribution in [2.24, 2.45) is 0 Å². The summed E-state index contributed by atoms with van der Waals surface area (Å²) in [6.07, 6.45) is 11.8. The lowest BCUT2D eigenvalue weighted by Crippen LogP contribution is -2.15. The SMILES string of the molecule is CCCCCCCCCCCCS(=O)(=O)Cc1nnc2c(Cl)c(C(C)(C)C)[nH]n12. The lowest BCUT2D eigenvalue weighted by atomic mass is 9.92. The van der Waals surface area contributed by atoms with Crippen molar-refractivity contribution in [1.29, 1.82) is 0 Å². The van der Waals surface area contributed by atoms with Crippen molar-refractivity contribution >= 4 is 27.1 Å². The second-order valence-corrected chi connectivity index (χ2v) is 11.7. The summed E-state index contributed by atoms with van der Waals surface area (Å²) >= 11 is 6.40. The van der Waals surface area contributed by atoms with Crippen molar-refractivity contribution in [3.63, 3.8) is 0 Å². The average molecular weight is 445 g/mol. The Hall–Kier alpha value is -1.08. The molecule has 0 aliphatic rings. The van der Waals surface area contributed by atoms with E-state index in [4.69, 9.17) is 11.6 Å². The molecular formula is C21H37ClN4O2S. The molecule has 0 spiro atoms. The maximum Gasteiger partial charge on any atom is 0.196 e. The van der Waals surface area contributed by atoms with Gasteiger partial charge < -0.3 is 0 Å². The van der Waals surface area contributed by atoms with E-state index < -0.39 is 9.84 Å². The highest BCUT2D eigenvalue weighted by Crippen LogP contribution is 2.31. The maximum absolute atomic E-state index is 12.5. The number of nitrogens with one attached hydrogen (secondary N) is 1. The molecule has 1 N–H and O–H groups in total. The third-order valence-corrected chi connectivity index (χ3v) is 7.24. The average Bonchev–Trinajstić information content (AvgIpc) is 3.17. The predicted octanol–water partition coefficient (Wildman–Crippen LogP) is 5.84. The number of unbranched alkanes of at least 4 members (excludes halogenated alkanes) is 9. The van der Waals surface area contributed by atoms with E-state index in [0.29, 0.717) is 22.9 Å². The van der Waals surface area contributed by atoms with Crippen LogP contribution < -0.4 is 0 Å². The van der Waals surface area contributed by atoms with E-state index in [9.17, 15) is 8.42 Å². The molecule has 166 valence electrons. The summed E-state index contributed by atoms with van der Waals surface area (Å²) < 4.78 is 26.7. The van der Waals surface area contributed by atoms with Gasteiger partial charge in [-0.25, -0.2) is 12.9 Å². The Balaban J connectivity index is 1.78. The van der Waals surface area contributed by atoms with Gasteiger partial charge in [0.1, 0.15) is 10.8 Å². The van der Waals surface area contributed by atoms with E-state index >= 15 is 0 Å². The van der Waals surface area contributed by atoms with Crippen molar-refractivity contribution in [3.05, 3.63) is 16.5 Å². The lowest BCUT2D eigenvalue weighted by molar-refractivity contribution is 0.556. The topological polar surface area (TPSA) is 80.1 Å². The first kappa shape index (κ1) is 24.2. The largest absolute Gasteiger partial charge is 0.293 e. The molecule has 0 atom stereocenters. The third kappa shape index (κ3) is 7.28. The highest BCUT2D eigenvalue weighted by molar-refractivity contribution is 7.90. The van der Waals surface area contributed by atoms with Gasteiger partial charge in [0, 0.05) is 5.41 Å². The molecule has 2 heterocycles. The van der Waals surface area contributed by atoms with Gasteiger partial charge in [-0.1, -0.05) is 97.1 Å². The fourth-order valence-electron chi connectivity index (χ4n) is 3.52. The van der Waals surface area contributed by atoms with E-state index in [1.54, 1.807) is 4.52 Å². The van der Waals surface area contributed by atoms with Gasteiger partial charge in [-0.2, -0.15) is 0 Å². The van der Waals surface area contributed by atoms with Crippen LogP contribution in [0.3, 0.4) is 0 Å². The minimum atomic E-state index is -3.23. The number of rotatable bonds is 13. The fourth-order valence-corrected chi connectivity index (χ4v) is 5.33. The third-order valence-electron chi connectivity index (χ3n) is 5.28. The molecule has 2 aromatic heterocycles. The highest BCUT2D eigenvalue weighted by Gasteiger charge is 2.26. The molecule has 0 aromatic carbocycles. The number of sulfone groups is 1. The van der Waals surface area contributed by atoms with E-state index in [0.717, 1.165) is 18.5 Å². The Morgan fingerprint density at radius 2 is 1.48 bits per heavy atom. The first-order valence-corrected chi connectivity index (χ1v) is 13.2. The van der Waals surface area contributed by atoms with Crippen LogP contribution in [0.25, 0.3) is 5.65 Å². The molecule has 2 rings (SSSR count). The second-order valence-electron chi connectivity index (χ2n) is 9.10. The van der Waals surface area contributed by atoms with Crippen LogP contribution in [0.2, 0.25) is 5.02 Å². The Kier molecular flexibility index (Phi) is 9.01. The monoisotopic (exact) mass is 444 g/mol. The number of aromatic amines is 1. The van der Waals surface area contributed by atoms with Gasteiger partial charge in [0.2, 0.25) is 0 Å². The van der Waals surface area contributed by atoms with Crippen LogP contribution in [0, 0.1) is 0 Å². The lowest BCUT2D eigenvalue weighted by Gasteiger charge is -2.16. The van der Waals surface area contributed by atoms with Crippen LogP contribution in [0.15, 0.2) is 0 Å². The fraction of sp³-hybridized carbons (Fsp3) is 0.810. The molecule has 0 fully saturated rings. The van der Waals surface area contributed by atoms with Gasteiger partial charge in [-0.05, 0) is 6.42 Å². The molecule has 2 aromatic rings. The molecule has 0 amide bonds. The molecule has 0 saturated heterocycles. The molecule has 0 saturated carbocycles. The molecule has 0 radical (unpaired) electrons. The predicted molar refractivity (Wildman–Crippen MR) is 120 cm³/mol. The smallest absolute Gasteiger partial charge is 0.196 e. The van der Waals surface area contributed by atoms with Crippen molar-refractivity contribution in [2.45, 2.75) is 103 Å². The van der Waals surface area contributed by atoms with Crippen molar-refractivity contribution in [2.75, 3.05) is 5.75 Å². The number of halogens is 1. The minimum absolute atomic E-state index is 0.119. The number of H-pyrrole nitrogens is 1. The van der Waals surface area contributed by atoms with Gasteiger partial charge >= 0.3 is 0 Å². The molecule has 0 bridgehead atoms. The molecule has 0 aliphatic carbocycles. The summed E-state index contributed by atoms with van der Waals surface area (Å²) in [5, 5.41) is 11.8. The van der Waals surface area contributed by atoms with Crippen LogP contribution in [-0.2, 0) is 21.0 Å². The van der Waals surface area contributed by atoms with Gasteiger partial charge in [0.05, 0.1) is 11.4 Å². The first-order valence-electron chi connectivity index (χ1n) is 11.0. The van der Waals surface area contributed by atoms with Crippen LogP contribution in [0.4, 0.5) is 0 Å². The quantitative estimate of drug-likeness (QED) is 0.393. The van der Waals surface area contributed by atoms with Crippen LogP contribution in [0.5, 0.6) is 0 Å². The first-order chi connectivity index (χ1) is 13.7. The number of hydrogen-bond donors (Lipinski definition) is 1. The summed E-state index contributed by atoms with van der Waals surface area (Å²) in [5.41, 5.74) is 1.13. The molecule has 0 aliphatic heterocycles. The van der Waals surface area contributed by atoms with Crippen molar-refractivity contribution < 1.29 is 8.42 Å². The minimum Gasteiger partial charge on any atom is -0.293 e. The molecular weight excluding hydrogens is 408 g/mol. The van der Waals surface area contributed by atoms with Gasteiger partial charge in [-0.15, -0.1) is 10.2 Å². The number of fused-ring (bicyclic) bond motifs is 1. The second kappa shape index (κ2) is 10.8. The zero-order valence-electron chi connectivity index (χ0n) is 18.4. The normalized spacial score (nSPS) is 12.9. The van der Waals surface area contributed by atoms with Gasteiger partial charge in [0.25, 0.3) is 0 Å². The summed E-state index contributed by atoms with van der Waals surface area (Å²) in [4.78, 5) is 0. The van der Waals surface area contributed by atoms with Gasteiger partial charge in [-0.3, -0.25) is 5.10 Å². The molecule has 29 heavy (non-hydrogen) atoms. The van der Waals surface area contributed by atoms with E-state index in [2.05, 4.69) is 22.2 Å². The molecule has 8 heteroatoms. The van der Waals surface area contributed by atoms with Gasteiger partial charge in [0.15, 0.2) is 21.3 Å². The zero-order chi connectivity index (χ0) is 21.5.